The number of piperidine rings is 1. The van der Waals surface area contributed by atoms with E-state index in [4.69, 9.17) is 9.72 Å². The van der Waals surface area contributed by atoms with Crippen LogP contribution in [0.1, 0.15) is 44.7 Å². The summed E-state index contributed by atoms with van der Waals surface area (Å²) in [6, 6.07) is 16.1. The number of pyridine rings is 1. The van der Waals surface area contributed by atoms with Crippen molar-refractivity contribution in [3.05, 3.63) is 65.6 Å². The number of rotatable bonds is 4. The topological polar surface area (TPSA) is 120 Å². The van der Waals surface area contributed by atoms with E-state index < -0.39 is 17.5 Å². The van der Waals surface area contributed by atoms with Crippen LogP contribution in [-0.4, -0.2) is 45.6 Å². The number of ether oxygens (including phenoxy) is 1. The van der Waals surface area contributed by atoms with Crippen LogP contribution in [0, 0.1) is 28.5 Å². The van der Waals surface area contributed by atoms with Gasteiger partial charge in [0.25, 0.3) is 0 Å². The Kier molecular flexibility index (Phi) is 7.34. The molecule has 2 aromatic heterocycles. The van der Waals surface area contributed by atoms with Gasteiger partial charge in [-0.1, -0.05) is 12.1 Å². The number of halogens is 1. The standard InChI is InChI=1S/C31H30FN7O2/c1-31(2,3)41-30(40)36-24-9-11-39(12-10-24)29-22(17-34)14-25(19-7-8-27-23(13-19)18-35-38(27)4)28(37-29)20-5-6-21(16-33)26(32)15-20/h5-8,13-15,18,24H,9-12H2,1-4H3,(H,36,40). The third kappa shape index (κ3) is 5.82. The molecular formula is C31H30FN7O2. The highest BCUT2D eigenvalue weighted by atomic mass is 19.1. The van der Waals surface area contributed by atoms with Crippen molar-refractivity contribution in [3.63, 3.8) is 0 Å². The minimum absolute atomic E-state index is 0.0551. The average molecular weight is 552 g/mol. The SMILES string of the molecule is Cn1ncc2cc(-c3cc(C#N)c(N4CCC(NC(=O)OC(C)(C)C)CC4)nc3-c3ccc(C#N)c(F)c3)ccc21. The summed E-state index contributed by atoms with van der Waals surface area (Å²) in [5, 5.41) is 27.6. The summed E-state index contributed by atoms with van der Waals surface area (Å²) in [6.45, 7) is 6.58. The zero-order chi connectivity index (χ0) is 29.3. The zero-order valence-corrected chi connectivity index (χ0v) is 23.4. The van der Waals surface area contributed by atoms with Gasteiger partial charge in [-0.15, -0.1) is 0 Å². The Balaban J connectivity index is 1.52. The Morgan fingerprint density at radius 3 is 2.41 bits per heavy atom. The van der Waals surface area contributed by atoms with Crippen molar-refractivity contribution in [1.29, 1.82) is 10.5 Å². The van der Waals surface area contributed by atoms with Gasteiger partial charge < -0.3 is 15.0 Å². The molecular weight excluding hydrogens is 521 g/mol. The van der Waals surface area contributed by atoms with Crippen LogP contribution in [0.4, 0.5) is 15.0 Å². The number of nitriles is 2. The normalized spacial score (nSPS) is 14.0. The van der Waals surface area contributed by atoms with Gasteiger partial charge in [0.1, 0.15) is 29.4 Å². The number of aromatic nitrogens is 3. The monoisotopic (exact) mass is 551 g/mol. The first-order valence-electron chi connectivity index (χ1n) is 13.4. The van der Waals surface area contributed by atoms with Crippen LogP contribution in [0.15, 0.2) is 48.7 Å². The molecule has 0 aliphatic carbocycles. The van der Waals surface area contributed by atoms with Crippen molar-refractivity contribution in [3.8, 4) is 34.5 Å². The number of nitrogens with one attached hydrogen (secondary N) is 1. The summed E-state index contributed by atoms with van der Waals surface area (Å²) < 4.78 is 21.9. The summed E-state index contributed by atoms with van der Waals surface area (Å²) in [7, 11) is 1.86. The van der Waals surface area contributed by atoms with Crippen molar-refractivity contribution < 1.29 is 13.9 Å². The van der Waals surface area contributed by atoms with E-state index in [1.807, 2.05) is 57.0 Å². The number of hydrogen-bond donors (Lipinski definition) is 1. The maximum atomic E-state index is 14.8. The number of hydrogen-bond acceptors (Lipinski definition) is 7. The Labute approximate surface area is 237 Å². The lowest BCUT2D eigenvalue weighted by Crippen LogP contribution is -2.46. The molecule has 0 spiro atoms. The summed E-state index contributed by atoms with van der Waals surface area (Å²) in [5.74, 6) is -0.144. The molecule has 41 heavy (non-hydrogen) atoms. The second-order valence-electron chi connectivity index (χ2n) is 11.1. The fourth-order valence-electron chi connectivity index (χ4n) is 5.06. The lowest BCUT2D eigenvalue weighted by atomic mass is 9.95. The summed E-state index contributed by atoms with van der Waals surface area (Å²) >= 11 is 0. The number of carbonyl (C=O) groups excluding carboxylic acids is 1. The smallest absolute Gasteiger partial charge is 0.407 e. The first-order chi connectivity index (χ1) is 19.6. The van der Waals surface area contributed by atoms with Gasteiger partial charge in [-0.25, -0.2) is 14.2 Å². The molecule has 5 rings (SSSR count). The lowest BCUT2D eigenvalue weighted by molar-refractivity contribution is 0.0497. The van der Waals surface area contributed by atoms with E-state index in [2.05, 4.69) is 16.5 Å². The summed E-state index contributed by atoms with van der Waals surface area (Å²) in [5.41, 5.74) is 3.18. The molecule has 0 unspecified atom stereocenters. The highest BCUT2D eigenvalue weighted by molar-refractivity contribution is 5.90. The number of nitrogens with zero attached hydrogens (tertiary/aromatic N) is 6. The molecule has 1 fully saturated rings. The summed E-state index contributed by atoms with van der Waals surface area (Å²) in [6.07, 6.45) is 2.60. The molecule has 1 N–H and O–H groups in total. The lowest BCUT2D eigenvalue weighted by Gasteiger charge is -2.34. The molecule has 10 heteroatoms. The van der Waals surface area contributed by atoms with E-state index >= 15 is 0 Å². The van der Waals surface area contributed by atoms with Crippen molar-refractivity contribution in [2.24, 2.45) is 7.05 Å². The minimum Gasteiger partial charge on any atom is -0.444 e. The van der Waals surface area contributed by atoms with E-state index in [9.17, 15) is 19.7 Å². The highest BCUT2D eigenvalue weighted by Crippen LogP contribution is 2.37. The molecule has 208 valence electrons. The molecule has 0 bridgehead atoms. The fraction of sp³-hybridized carbons (Fsp3) is 0.323. The Bertz CT molecular complexity index is 1720. The third-order valence-electron chi connectivity index (χ3n) is 7.06. The number of amides is 1. The van der Waals surface area contributed by atoms with Crippen LogP contribution >= 0.6 is 0 Å². The largest absolute Gasteiger partial charge is 0.444 e. The molecule has 9 nitrogen and oxygen atoms in total. The molecule has 0 radical (unpaired) electrons. The van der Waals surface area contributed by atoms with Crippen molar-refractivity contribution >= 4 is 22.8 Å². The minimum atomic E-state index is -0.639. The highest BCUT2D eigenvalue weighted by Gasteiger charge is 2.27. The summed E-state index contributed by atoms with van der Waals surface area (Å²) in [4.78, 5) is 19.2. The molecule has 3 heterocycles. The van der Waals surface area contributed by atoms with E-state index in [1.165, 1.54) is 12.1 Å². The molecule has 2 aromatic carbocycles. The molecule has 1 aliphatic rings. The second kappa shape index (κ2) is 10.9. The number of anilines is 1. The number of alkyl carbamates (subject to hydrolysis) is 1. The predicted octanol–water partition coefficient (Wildman–Crippen LogP) is 5.68. The first-order valence-corrected chi connectivity index (χ1v) is 13.4. The van der Waals surface area contributed by atoms with Crippen LogP contribution in [-0.2, 0) is 11.8 Å². The Hall–Kier alpha value is -4.96. The molecule has 1 saturated heterocycles. The van der Waals surface area contributed by atoms with Gasteiger partial charge in [0, 0.05) is 42.7 Å². The quantitative estimate of drug-likeness (QED) is 0.347. The van der Waals surface area contributed by atoms with Crippen LogP contribution in [0.2, 0.25) is 0 Å². The number of aryl methyl sites for hydroxylation is 1. The predicted molar refractivity (Wildman–Crippen MR) is 153 cm³/mol. The molecule has 1 aliphatic heterocycles. The maximum Gasteiger partial charge on any atom is 0.407 e. The van der Waals surface area contributed by atoms with Crippen LogP contribution in [0.5, 0.6) is 0 Å². The van der Waals surface area contributed by atoms with Crippen LogP contribution < -0.4 is 10.2 Å². The molecule has 4 aromatic rings. The molecule has 1 amide bonds. The fourth-order valence-corrected chi connectivity index (χ4v) is 5.06. The Morgan fingerprint density at radius 1 is 1.05 bits per heavy atom. The van der Waals surface area contributed by atoms with Crippen molar-refractivity contribution in [2.45, 2.75) is 45.3 Å². The van der Waals surface area contributed by atoms with Gasteiger partial charge in [0.05, 0.1) is 28.5 Å². The van der Waals surface area contributed by atoms with Crippen LogP contribution in [0.3, 0.4) is 0 Å². The van der Waals surface area contributed by atoms with Gasteiger partial charge in [0.15, 0.2) is 0 Å². The van der Waals surface area contributed by atoms with E-state index in [-0.39, 0.29) is 11.6 Å². The van der Waals surface area contributed by atoms with E-state index in [0.29, 0.717) is 54.1 Å². The van der Waals surface area contributed by atoms with Crippen molar-refractivity contribution in [2.75, 3.05) is 18.0 Å². The molecule has 0 saturated carbocycles. The maximum absolute atomic E-state index is 14.8. The van der Waals surface area contributed by atoms with E-state index in [0.717, 1.165) is 16.5 Å². The number of carbonyl (C=O) groups is 1. The van der Waals surface area contributed by atoms with Gasteiger partial charge >= 0.3 is 6.09 Å². The number of benzene rings is 2. The van der Waals surface area contributed by atoms with E-state index in [1.54, 1.807) is 23.0 Å². The third-order valence-corrected chi connectivity index (χ3v) is 7.06. The number of fused-ring (bicyclic) bond motifs is 1. The van der Waals surface area contributed by atoms with Gasteiger partial charge in [0.2, 0.25) is 0 Å². The second-order valence-corrected chi connectivity index (χ2v) is 11.1. The van der Waals surface area contributed by atoms with Crippen LogP contribution in [0.25, 0.3) is 33.3 Å². The first kappa shape index (κ1) is 27.6. The van der Waals surface area contributed by atoms with Gasteiger partial charge in [-0.05, 0) is 69.5 Å². The Morgan fingerprint density at radius 2 is 1.76 bits per heavy atom. The van der Waals surface area contributed by atoms with Gasteiger partial charge in [-0.2, -0.15) is 15.6 Å². The van der Waals surface area contributed by atoms with Gasteiger partial charge in [-0.3, -0.25) is 4.68 Å². The van der Waals surface area contributed by atoms with Crippen molar-refractivity contribution in [1.82, 2.24) is 20.1 Å². The average Bonchev–Trinajstić information content (AvgIpc) is 3.31. The molecule has 0 atom stereocenters. The zero-order valence-electron chi connectivity index (χ0n) is 23.4.